The number of nitrogens with one attached hydrogen (secondary N) is 3. The van der Waals surface area contributed by atoms with Crippen molar-refractivity contribution >= 4 is 109 Å². The second-order valence-electron chi connectivity index (χ2n) is 21.6. The van der Waals surface area contributed by atoms with E-state index in [2.05, 4.69) is 20.9 Å². The van der Waals surface area contributed by atoms with Crippen LogP contribution in [0.3, 0.4) is 0 Å². The molecule has 2 saturated heterocycles. The third kappa shape index (κ3) is 13.0. The maximum absolute atomic E-state index is 15.4. The molecule has 0 aliphatic carbocycles. The zero-order chi connectivity index (χ0) is 62.2. The number of ketones is 1. The molecule has 3 aliphatic heterocycles. The van der Waals surface area contributed by atoms with Gasteiger partial charge in [-0.25, -0.2) is 39.7 Å². The van der Waals surface area contributed by atoms with E-state index in [0.717, 1.165) is 45.1 Å². The lowest BCUT2D eigenvalue weighted by Crippen LogP contribution is -2.50. The van der Waals surface area contributed by atoms with Gasteiger partial charge in [-0.15, -0.1) is 68.0 Å². The van der Waals surface area contributed by atoms with Gasteiger partial charge < -0.3 is 47.1 Å². The van der Waals surface area contributed by atoms with E-state index in [4.69, 9.17) is 46.1 Å². The Morgan fingerprint density at radius 2 is 1.34 bits per heavy atom. The standard InChI is InChI=1S/C60H56N14O9S6/c1-28-9-11-31(12-10-28)19-37-59(81)74-22-44(76)29(2)48(74)58-71-42(27-88-58)56-67-38(23-86-56)47-33(13-14-35(64-47)55-68-39(24-87-55)50(62)78)53-69-40(25-84-53)51(79)65-36(21-45(61)77)57-72-46(30(3)89-57)43(75)20-34(54-70-41(26-85-54)52(80)66-37)49(32-7-5-4-6-8-32)83-60(82)73-17-15-63-16-18-73/h4-14,23-27,29,34,36-37,44,48-49,63,76H,15-22H2,1-3H3,(H2,61,77)(H2,62,78)(H,65,79)(H,66,80)/t29-,34-,36-,37-,44-,48-,49+/m0/s1. The molecule has 3 aliphatic rings. The summed E-state index contributed by atoms with van der Waals surface area (Å²) >= 11 is 7.10. The molecule has 0 spiro atoms. The topological polar surface area (TPSA) is 334 Å². The van der Waals surface area contributed by atoms with Gasteiger partial charge in [-0.1, -0.05) is 67.1 Å². The molecule has 89 heavy (non-hydrogen) atoms. The fraction of sp³-hybridized carbons (Fsp3) is 0.300. The molecule has 7 atom stereocenters. The Kier molecular flexibility index (Phi) is 17.7. The van der Waals surface area contributed by atoms with Crippen LogP contribution in [0.1, 0.15) is 122 Å². The number of ether oxygens (including phenoxy) is 1. The Morgan fingerprint density at radius 3 is 2.08 bits per heavy atom. The zero-order valence-electron chi connectivity index (χ0n) is 47.8. The lowest BCUT2D eigenvalue weighted by atomic mass is 9.90. The van der Waals surface area contributed by atoms with Gasteiger partial charge in [-0.3, -0.25) is 28.8 Å². The van der Waals surface area contributed by atoms with Gasteiger partial charge in [0, 0.05) is 88.8 Å². The molecule has 2 aromatic carbocycles. The van der Waals surface area contributed by atoms with Crippen molar-refractivity contribution in [3.8, 4) is 43.4 Å². The smallest absolute Gasteiger partial charge is 0.410 e. The summed E-state index contributed by atoms with van der Waals surface area (Å²) in [6.07, 6.45) is -3.35. The van der Waals surface area contributed by atoms with Gasteiger partial charge in [0.25, 0.3) is 17.7 Å². The van der Waals surface area contributed by atoms with Crippen molar-refractivity contribution in [2.75, 3.05) is 32.7 Å². The van der Waals surface area contributed by atoms with Crippen LogP contribution in [0.4, 0.5) is 4.79 Å². The predicted octanol–water partition coefficient (Wildman–Crippen LogP) is 7.93. The lowest BCUT2D eigenvalue weighted by Gasteiger charge is -2.31. The number of aromatic nitrogens is 7. The van der Waals surface area contributed by atoms with Crippen LogP contribution in [0, 0.1) is 19.8 Å². The molecule has 23 nitrogen and oxygen atoms in total. The molecule has 12 rings (SSSR count). The highest BCUT2D eigenvalue weighted by molar-refractivity contribution is 7.15. The number of Topliss-reactive ketones (excluding diaryl/α,β-unsaturated/α-hetero) is 1. The lowest BCUT2D eigenvalue weighted by molar-refractivity contribution is -0.134. The normalized spacial score (nSPS) is 20.3. The number of primary amides is 2. The van der Waals surface area contributed by atoms with Crippen molar-refractivity contribution in [2.45, 2.75) is 76.3 Å². The van der Waals surface area contributed by atoms with Gasteiger partial charge >= 0.3 is 6.09 Å². The van der Waals surface area contributed by atoms with Gasteiger partial charge in [0.1, 0.15) is 82.0 Å². The number of hydrogen-bond donors (Lipinski definition) is 6. The molecule has 9 aromatic rings. The number of nitrogens with two attached hydrogens (primary N) is 2. The van der Waals surface area contributed by atoms with E-state index < -0.39 is 83.6 Å². The number of carbonyl (C=O) groups excluding carboxylic acids is 7. The van der Waals surface area contributed by atoms with Crippen molar-refractivity contribution in [1.82, 2.24) is 60.6 Å². The number of aryl methyl sites for hydroxylation is 2. The fourth-order valence-corrected chi connectivity index (χ4v) is 16.2. The summed E-state index contributed by atoms with van der Waals surface area (Å²) in [5.74, 6) is -5.28. The summed E-state index contributed by atoms with van der Waals surface area (Å²) < 4.78 is 6.43. The van der Waals surface area contributed by atoms with Gasteiger partial charge in [-0.05, 0) is 37.1 Å². The van der Waals surface area contributed by atoms with E-state index in [1.165, 1.54) is 44.8 Å². The highest BCUT2D eigenvalue weighted by Crippen LogP contribution is 2.44. The molecular formula is C60H56N14O9S6. The van der Waals surface area contributed by atoms with Crippen LogP contribution in [0.2, 0.25) is 0 Å². The molecule has 0 unspecified atom stereocenters. The molecule has 0 saturated carbocycles. The van der Waals surface area contributed by atoms with E-state index in [1.54, 1.807) is 63.9 Å². The zero-order valence-corrected chi connectivity index (χ0v) is 52.7. The van der Waals surface area contributed by atoms with E-state index >= 15 is 9.59 Å². The van der Waals surface area contributed by atoms with E-state index in [-0.39, 0.29) is 58.6 Å². The van der Waals surface area contributed by atoms with Crippen molar-refractivity contribution in [3.63, 3.8) is 0 Å². The molecule has 10 bridgehead atoms. The number of benzene rings is 2. The molecule has 29 heteroatoms. The number of pyridine rings is 1. The first-order chi connectivity index (χ1) is 42.9. The number of hydrogen-bond acceptors (Lipinski definition) is 23. The maximum atomic E-state index is 15.4. The van der Waals surface area contributed by atoms with Gasteiger partial charge in [0.15, 0.2) is 5.78 Å². The Bertz CT molecular complexity index is 4170. The molecular weight excluding hydrogens is 1250 g/mol. The largest absolute Gasteiger partial charge is 0.440 e. The van der Waals surface area contributed by atoms with Gasteiger partial charge in [0.2, 0.25) is 11.8 Å². The molecule has 2 fully saturated rings. The third-order valence-electron chi connectivity index (χ3n) is 15.5. The highest BCUT2D eigenvalue weighted by Gasteiger charge is 2.46. The minimum absolute atomic E-state index is 0.00932. The number of rotatable bonds is 9. The van der Waals surface area contributed by atoms with E-state index in [0.29, 0.717) is 85.0 Å². The third-order valence-corrected chi connectivity index (χ3v) is 21.1. The second-order valence-corrected chi connectivity index (χ2v) is 27.2. The number of amides is 6. The SMILES string of the molecule is Cc1ccc(C[C@@H]2NC(=O)c3csc(n3)[C@H]([C@H](OC(=O)N3CCNCC3)c3ccccc3)CC(=O)c3nc(sc3C)[C@H](CC(N)=O)NC(=O)c3csc(n3)-c3ccc(-c4nc(C(N)=O)cs4)nc3-c3csc(n3)-c3csc(n3)[C@@H]3[C@@H](C)[C@@H](O)CN3C2=O)cc1. The minimum Gasteiger partial charge on any atom is -0.440 e. The Morgan fingerprint density at radius 1 is 0.685 bits per heavy atom. The Balaban J connectivity index is 0.973. The van der Waals surface area contributed by atoms with E-state index in [9.17, 15) is 29.1 Å². The van der Waals surface area contributed by atoms with Crippen molar-refractivity contribution in [2.24, 2.45) is 17.4 Å². The summed E-state index contributed by atoms with van der Waals surface area (Å²) in [6, 6.07) is 17.0. The highest BCUT2D eigenvalue weighted by atomic mass is 32.1. The second kappa shape index (κ2) is 26.0. The molecule has 7 aromatic heterocycles. The number of fused-ring (bicyclic) bond motifs is 16. The molecule has 8 N–H and O–H groups in total. The number of nitrogens with zero attached hydrogens (tertiary/aromatic N) is 9. The number of aliphatic hydroxyl groups excluding tert-OH is 1. The van der Waals surface area contributed by atoms with Crippen LogP contribution < -0.4 is 27.4 Å². The summed E-state index contributed by atoms with van der Waals surface area (Å²) in [5.41, 5.74) is 15.9. The molecule has 456 valence electrons. The first kappa shape index (κ1) is 60.8. The Hall–Kier alpha value is -8.42. The number of carbonyl (C=O) groups is 7. The Labute approximate surface area is 532 Å². The van der Waals surface area contributed by atoms with Crippen LogP contribution in [-0.2, 0) is 20.7 Å². The van der Waals surface area contributed by atoms with Gasteiger partial charge in [-0.2, -0.15) is 0 Å². The number of piperazine rings is 1. The summed E-state index contributed by atoms with van der Waals surface area (Å²) in [5, 5.41) is 31.3. The van der Waals surface area contributed by atoms with Crippen LogP contribution in [-0.4, -0.2) is 136 Å². The average molecular weight is 1310 g/mol. The maximum Gasteiger partial charge on any atom is 0.410 e. The van der Waals surface area contributed by atoms with Crippen LogP contribution in [0.15, 0.2) is 93.6 Å². The number of aliphatic hydroxyl groups is 1. The summed E-state index contributed by atoms with van der Waals surface area (Å²) in [7, 11) is 0. The van der Waals surface area contributed by atoms with E-state index in [1.807, 2.05) is 49.6 Å². The molecule has 6 amide bonds. The molecule has 0 radical (unpaired) electrons. The quantitative estimate of drug-likeness (QED) is 0.0799. The van der Waals surface area contributed by atoms with Crippen LogP contribution in [0.5, 0.6) is 0 Å². The van der Waals surface area contributed by atoms with Crippen LogP contribution >= 0.6 is 68.0 Å². The first-order valence-corrected chi connectivity index (χ1v) is 33.4. The average Bonchev–Trinajstić information content (AvgIpc) is 2.04. The summed E-state index contributed by atoms with van der Waals surface area (Å²) in [4.78, 5) is 136. The monoisotopic (exact) mass is 1310 g/mol. The van der Waals surface area contributed by atoms with Gasteiger partial charge in [0.05, 0.1) is 36.2 Å². The fourth-order valence-electron chi connectivity index (χ4n) is 10.8. The minimum atomic E-state index is -1.18. The van der Waals surface area contributed by atoms with Crippen molar-refractivity contribution in [3.05, 3.63) is 153 Å². The van der Waals surface area contributed by atoms with Crippen LogP contribution in [0.25, 0.3) is 43.4 Å². The van der Waals surface area contributed by atoms with Crippen molar-refractivity contribution in [1.29, 1.82) is 0 Å². The first-order valence-electron chi connectivity index (χ1n) is 28.2. The number of thiazole rings is 6. The molecule has 10 heterocycles. The summed E-state index contributed by atoms with van der Waals surface area (Å²) in [6.45, 7) is 7.27. The predicted molar refractivity (Wildman–Crippen MR) is 338 cm³/mol. The van der Waals surface area contributed by atoms with Crippen molar-refractivity contribution < 1.29 is 43.4 Å².